The van der Waals surface area contributed by atoms with E-state index < -0.39 is 0 Å². The topological polar surface area (TPSA) is 32.7 Å². The van der Waals surface area contributed by atoms with Crippen LogP contribution in [-0.2, 0) is 6.42 Å². The molecule has 1 fully saturated rings. The van der Waals surface area contributed by atoms with Gasteiger partial charge in [-0.05, 0) is 36.6 Å². The molecule has 1 N–H and O–H groups in total. The lowest BCUT2D eigenvalue weighted by Gasteiger charge is -2.38. The Bertz CT molecular complexity index is 448. The van der Waals surface area contributed by atoms with Gasteiger partial charge >= 0.3 is 0 Å². The number of rotatable bonds is 5. The van der Waals surface area contributed by atoms with E-state index in [0.29, 0.717) is 6.04 Å². The molecule has 4 heteroatoms. The molecule has 3 nitrogen and oxygen atoms in total. The van der Waals surface area contributed by atoms with Crippen molar-refractivity contribution in [3.05, 3.63) is 28.8 Å². The minimum absolute atomic E-state index is 0.195. The van der Waals surface area contributed by atoms with Crippen molar-refractivity contribution in [2.24, 2.45) is 0 Å². The van der Waals surface area contributed by atoms with E-state index in [-0.39, 0.29) is 12.7 Å². The van der Waals surface area contributed by atoms with Crippen LogP contribution in [0.2, 0.25) is 5.02 Å². The van der Waals surface area contributed by atoms with Gasteiger partial charge in [0, 0.05) is 30.6 Å². The van der Waals surface area contributed by atoms with E-state index >= 15 is 0 Å². The molecule has 2 aliphatic rings. The molecule has 1 atom stereocenters. The third-order valence-corrected chi connectivity index (χ3v) is 4.42. The third kappa shape index (κ3) is 2.88. The highest BCUT2D eigenvalue weighted by Gasteiger charge is 2.30. The normalized spacial score (nSPS) is 22.2. The van der Waals surface area contributed by atoms with Crippen LogP contribution in [0.25, 0.3) is 0 Å². The van der Waals surface area contributed by atoms with Gasteiger partial charge in [0.15, 0.2) is 0 Å². The van der Waals surface area contributed by atoms with Crippen LogP contribution < -0.4 is 4.74 Å². The number of hydrogen-bond acceptors (Lipinski definition) is 3. The van der Waals surface area contributed by atoms with Crippen LogP contribution in [-0.4, -0.2) is 41.8 Å². The molecule has 0 saturated heterocycles. The molecule has 0 spiro atoms. The molecule has 1 unspecified atom stereocenters. The summed E-state index contributed by atoms with van der Waals surface area (Å²) < 4.78 is 5.98. The number of aliphatic hydroxyl groups excluding tert-OH is 1. The highest BCUT2D eigenvalue weighted by molar-refractivity contribution is 6.30. The zero-order chi connectivity index (χ0) is 13.2. The van der Waals surface area contributed by atoms with Crippen LogP contribution in [0.5, 0.6) is 5.75 Å². The fraction of sp³-hybridized carbons (Fsp3) is 0.600. The minimum Gasteiger partial charge on any atom is -0.488 e. The molecule has 1 aliphatic heterocycles. The van der Waals surface area contributed by atoms with Gasteiger partial charge in [0.2, 0.25) is 0 Å². The molecule has 0 bridgehead atoms. The van der Waals surface area contributed by atoms with Crippen LogP contribution in [0, 0.1) is 0 Å². The second-order valence-corrected chi connectivity index (χ2v) is 5.94. The first kappa shape index (κ1) is 13.2. The fourth-order valence-electron chi connectivity index (χ4n) is 2.96. The Morgan fingerprint density at radius 3 is 2.89 bits per heavy atom. The van der Waals surface area contributed by atoms with Crippen molar-refractivity contribution in [2.45, 2.75) is 37.8 Å². The van der Waals surface area contributed by atoms with Crippen LogP contribution in [0.4, 0.5) is 0 Å². The maximum absolute atomic E-state index is 9.19. The van der Waals surface area contributed by atoms with Crippen molar-refractivity contribution in [1.82, 2.24) is 4.90 Å². The van der Waals surface area contributed by atoms with Gasteiger partial charge in [-0.15, -0.1) is 0 Å². The van der Waals surface area contributed by atoms with Gasteiger partial charge < -0.3 is 9.84 Å². The number of hydrogen-bond donors (Lipinski definition) is 1. The monoisotopic (exact) mass is 281 g/mol. The predicted octanol–water partition coefficient (Wildman–Crippen LogP) is 2.49. The standard InChI is InChI=1S/C15H20ClNO2/c16-12-4-5-15-11(8-12)9-14(19-15)10-17(6-7-18)13-2-1-3-13/h4-5,8,13-14,18H,1-3,6-7,9-10H2. The number of nitrogens with zero attached hydrogens (tertiary/aromatic N) is 1. The highest BCUT2D eigenvalue weighted by Crippen LogP contribution is 2.32. The van der Waals surface area contributed by atoms with Crippen molar-refractivity contribution >= 4 is 11.6 Å². The van der Waals surface area contributed by atoms with Crippen molar-refractivity contribution in [3.63, 3.8) is 0 Å². The Morgan fingerprint density at radius 2 is 2.21 bits per heavy atom. The quantitative estimate of drug-likeness (QED) is 0.900. The summed E-state index contributed by atoms with van der Waals surface area (Å²) in [5.74, 6) is 0.965. The molecule has 1 saturated carbocycles. The number of halogens is 1. The largest absolute Gasteiger partial charge is 0.488 e. The van der Waals surface area contributed by atoms with Gasteiger partial charge in [0.05, 0.1) is 6.61 Å². The van der Waals surface area contributed by atoms with Crippen LogP contribution in [0.15, 0.2) is 18.2 Å². The Hall–Kier alpha value is -0.770. The zero-order valence-electron chi connectivity index (χ0n) is 11.0. The van der Waals surface area contributed by atoms with Crippen molar-refractivity contribution in [2.75, 3.05) is 19.7 Å². The Balaban J connectivity index is 1.62. The molecule has 0 aromatic heterocycles. The van der Waals surface area contributed by atoms with E-state index in [1.54, 1.807) is 0 Å². The fourth-order valence-corrected chi connectivity index (χ4v) is 3.15. The SMILES string of the molecule is OCCN(CC1Cc2cc(Cl)ccc2O1)C1CCC1. The van der Waals surface area contributed by atoms with Gasteiger partial charge in [0.25, 0.3) is 0 Å². The third-order valence-electron chi connectivity index (χ3n) is 4.18. The molecular weight excluding hydrogens is 262 g/mol. The van der Waals surface area contributed by atoms with Crippen LogP contribution in [0.3, 0.4) is 0 Å². The highest BCUT2D eigenvalue weighted by atomic mass is 35.5. The van der Waals surface area contributed by atoms with E-state index in [2.05, 4.69) is 4.90 Å². The predicted molar refractivity (Wildman–Crippen MR) is 75.9 cm³/mol. The van der Waals surface area contributed by atoms with Crippen molar-refractivity contribution in [3.8, 4) is 5.75 Å². The summed E-state index contributed by atoms with van der Waals surface area (Å²) >= 11 is 6.01. The zero-order valence-corrected chi connectivity index (χ0v) is 11.8. The van der Waals surface area contributed by atoms with Crippen molar-refractivity contribution < 1.29 is 9.84 Å². The smallest absolute Gasteiger partial charge is 0.123 e. The molecule has 1 heterocycles. The van der Waals surface area contributed by atoms with E-state index in [1.165, 1.54) is 24.8 Å². The summed E-state index contributed by atoms with van der Waals surface area (Å²) in [5.41, 5.74) is 1.20. The van der Waals surface area contributed by atoms with Gasteiger partial charge in [-0.25, -0.2) is 0 Å². The lowest BCUT2D eigenvalue weighted by molar-refractivity contribution is 0.0630. The van der Waals surface area contributed by atoms with Crippen molar-refractivity contribution in [1.29, 1.82) is 0 Å². The number of benzene rings is 1. The Labute approximate surface area is 119 Å². The average Bonchev–Trinajstić information content (AvgIpc) is 2.68. The molecule has 104 valence electrons. The molecule has 1 aromatic carbocycles. The average molecular weight is 282 g/mol. The maximum atomic E-state index is 9.19. The molecule has 0 amide bonds. The Morgan fingerprint density at radius 1 is 1.37 bits per heavy atom. The summed E-state index contributed by atoms with van der Waals surface area (Å²) in [5, 5.41) is 9.96. The summed E-state index contributed by atoms with van der Waals surface area (Å²) in [7, 11) is 0. The first-order chi connectivity index (χ1) is 9.26. The molecule has 0 radical (unpaired) electrons. The van der Waals surface area contributed by atoms with E-state index in [9.17, 15) is 5.11 Å². The van der Waals surface area contributed by atoms with E-state index in [4.69, 9.17) is 16.3 Å². The lowest BCUT2D eigenvalue weighted by atomic mass is 9.91. The molecule has 3 rings (SSSR count). The first-order valence-corrected chi connectivity index (χ1v) is 7.44. The van der Waals surface area contributed by atoms with Gasteiger partial charge in [-0.3, -0.25) is 4.90 Å². The van der Waals surface area contributed by atoms with Gasteiger partial charge in [0.1, 0.15) is 11.9 Å². The molecule has 19 heavy (non-hydrogen) atoms. The number of fused-ring (bicyclic) bond motifs is 1. The van der Waals surface area contributed by atoms with E-state index in [1.807, 2.05) is 18.2 Å². The summed E-state index contributed by atoms with van der Waals surface area (Å²) in [6, 6.07) is 6.47. The lowest BCUT2D eigenvalue weighted by Crippen LogP contribution is -2.46. The molecule has 1 aromatic rings. The second-order valence-electron chi connectivity index (χ2n) is 5.50. The van der Waals surface area contributed by atoms with E-state index in [0.717, 1.165) is 30.3 Å². The minimum atomic E-state index is 0.195. The summed E-state index contributed by atoms with van der Waals surface area (Å²) in [6.45, 7) is 1.88. The van der Waals surface area contributed by atoms with Crippen LogP contribution in [0.1, 0.15) is 24.8 Å². The van der Waals surface area contributed by atoms with Gasteiger partial charge in [-0.2, -0.15) is 0 Å². The molecule has 1 aliphatic carbocycles. The first-order valence-electron chi connectivity index (χ1n) is 7.06. The maximum Gasteiger partial charge on any atom is 0.123 e. The Kier molecular flexibility index (Phi) is 3.96. The summed E-state index contributed by atoms with van der Waals surface area (Å²) in [4.78, 5) is 2.38. The molecular formula is C15H20ClNO2. The summed E-state index contributed by atoms with van der Waals surface area (Å²) in [6.07, 6.45) is 4.94. The van der Waals surface area contributed by atoms with Crippen LogP contribution >= 0.6 is 11.6 Å². The number of ether oxygens (including phenoxy) is 1. The second kappa shape index (κ2) is 5.70. The number of aliphatic hydroxyl groups is 1. The van der Waals surface area contributed by atoms with Gasteiger partial charge in [-0.1, -0.05) is 18.0 Å².